The molecule has 0 unspecified atom stereocenters. The number of nitrogens with zero attached hydrogens (tertiary/aromatic N) is 1. The molecule has 0 aromatic carbocycles. The lowest BCUT2D eigenvalue weighted by Gasteiger charge is -2.29. The van der Waals surface area contributed by atoms with Gasteiger partial charge in [0.2, 0.25) is 0 Å². The standard InChI is InChI=1S/C9H17NO2.HI/c1-4-12-8(11)9(2)6-5-7-10(9)3;/h4-7H2,1-3H3;1H/t9-;/m0./s1. The Bertz CT molecular complexity index is 186. The summed E-state index contributed by atoms with van der Waals surface area (Å²) >= 11 is 0. The number of rotatable bonds is 2. The summed E-state index contributed by atoms with van der Waals surface area (Å²) in [6.45, 7) is 5.27. The van der Waals surface area contributed by atoms with E-state index in [1.807, 2.05) is 20.9 Å². The van der Waals surface area contributed by atoms with Gasteiger partial charge in [-0.15, -0.1) is 24.0 Å². The van der Waals surface area contributed by atoms with Crippen LogP contribution in [0.15, 0.2) is 0 Å². The SMILES string of the molecule is CCOC(=O)[C@]1(C)CCCN1C.I. The summed E-state index contributed by atoms with van der Waals surface area (Å²) in [5.74, 6) is -0.0787. The van der Waals surface area contributed by atoms with Gasteiger partial charge in [0.05, 0.1) is 6.61 Å². The highest BCUT2D eigenvalue weighted by Crippen LogP contribution is 2.28. The zero-order valence-corrected chi connectivity index (χ0v) is 10.8. The molecule has 0 aromatic heterocycles. The summed E-state index contributed by atoms with van der Waals surface area (Å²) in [4.78, 5) is 13.6. The van der Waals surface area contributed by atoms with E-state index in [1.54, 1.807) is 0 Å². The average molecular weight is 299 g/mol. The molecule has 1 heterocycles. The van der Waals surface area contributed by atoms with Crippen LogP contribution in [0, 0.1) is 0 Å². The summed E-state index contributed by atoms with van der Waals surface area (Å²) in [7, 11) is 1.98. The zero-order chi connectivity index (χ0) is 9.19. The number of likely N-dealkylation sites (tertiary alicyclic amines) is 1. The van der Waals surface area contributed by atoms with E-state index in [4.69, 9.17) is 4.74 Å². The van der Waals surface area contributed by atoms with E-state index in [1.165, 1.54) is 0 Å². The number of halogens is 1. The number of hydrogen-bond acceptors (Lipinski definition) is 3. The van der Waals surface area contributed by atoms with Crippen LogP contribution in [-0.2, 0) is 9.53 Å². The van der Waals surface area contributed by atoms with Gasteiger partial charge >= 0.3 is 5.97 Å². The Labute approximate surface area is 96.8 Å². The van der Waals surface area contributed by atoms with Gasteiger partial charge in [0.1, 0.15) is 5.54 Å². The predicted octanol–water partition coefficient (Wildman–Crippen LogP) is 1.65. The molecule has 0 saturated carbocycles. The molecular weight excluding hydrogens is 281 g/mol. The number of carbonyl (C=O) groups excluding carboxylic acids is 1. The molecule has 0 aromatic rings. The van der Waals surface area contributed by atoms with Gasteiger partial charge in [-0.05, 0) is 40.3 Å². The van der Waals surface area contributed by atoms with Crippen LogP contribution in [0.2, 0.25) is 0 Å². The van der Waals surface area contributed by atoms with Gasteiger partial charge in [0, 0.05) is 0 Å². The maximum absolute atomic E-state index is 11.5. The second kappa shape index (κ2) is 5.14. The number of esters is 1. The van der Waals surface area contributed by atoms with Crippen LogP contribution in [0.25, 0.3) is 0 Å². The first-order valence-electron chi connectivity index (χ1n) is 4.49. The number of carbonyl (C=O) groups is 1. The molecular formula is C9H18INO2. The highest BCUT2D eigenvalue weighted by molar-refractivity contribution is 14.0. The largest absolute Gasteiger partial charge is 0.465 e. The first-order valence-corrected chi connectivity index (χ1v) is 4.49. The molecule has 3 nitrogen and oxygen atoms in total. The second-order valence-electron chi connectivity index (χ2n) is 3.52. The maximum atomic E-state index is 11.5. The highest BCUT2D eigenvalue weighted by atomic mass is 127. The van der Waals surface area contributed by atoms with Gasteiger partial charge in [-0.3, -0.25) is 9.69 Å². The lowest BCUT2D eigenvalue weighted by Crippen LogP contribution is -2.46. The van der Waals surface area contributed by atoms with E-state index in [0.717, 1.165) is 19.4 Å². The first kappa shape index (κ1) is 13.2. The third-order valence-electron chi connectivity index (χ3n) is 2.71. The van der Waals surface area contributed by atoms with Crippen molar-refractivity contribution >= 4 is 29.9 Å². The molecule has 1 aliphatic rings. The number of likely N-dealkylation sites (N-methyl/N-ethyl adjacent to an activating group) is 1. The zero-order valence-electron chi connectivity index (χ0n) is 8.50. The molecule has 0 spiro atoms. The molecule has 4 heteroatoms. The fourth-order valence-electron chi connectivity index (χ4n) is 1.64. The Morgan fingerprint density at radius 3 is 2.62 bits per heavy atom. The molecule has 0 bridgehead atoms. The van der Waals surface area contributed by atoms with Crippen molar-refractivity contribution in [2.24, 2.45) is 0 Å². The molecule has 1 atom stereocenters. The summed E-state index contributed by atoms with van der Waals surface area (Å²) < 4.78 is 5.02. The van der Waals surface area contributed by atoms with Crippen LogP contribution in [0.1, 0.15) is 26.7 Å². The maximum Gasteiger partial charge on any atom is 0.326 e. The topological polar surface area (TPSA) is 29.5 Å². The molecule has 1 rings (SSSR count). The summed E-state index contributed by atoms with van der Waals surface area (Å²) in [5.41, 5.74) is -0.365. The normalized spacial score (nSPS) is 28.2. The van der Waals surface area contributed by atoms with E-state index in [2.05, 4.69) is 4.90 Å². The van der Waals surface area contributed by atoms with Crippen molar-refractivity contribution in [2.75, 3.05) is 20.2 Å². The van der Waals surface area contributed by atoms with E-state index in [9.17, 15) is 4.79 Å². The molecule has 1 fully saturated rings. The second-order valence-corrected chi connectivity index (χ2v) is 3.52. The van der Waals surface area contributed by atoms with Crippen molar-refractivity contribution in [3.8, 4) is 0 Å². The summed E-state index contributed by atoms with van der Waals surface area (Å²) in [5, 5.41) is 0. The number of hydrogen-bond donors (Lipinski definition) is 0. The Kier molecular flexibility index (Phi) is 5.21. The third kappa shape index (κ3) is 2.56. The Balaban J connectivity index is 0.00000144. The fraction of sp³-hybridized carbons (Fsp3) is 0.889. The van der Waals surface area contributed by atoms with Crippen LogP contribution in [0.5, 0.6) is 0 Å². The van der Waals surface area contributed by atoms with Gasteiger partial charge in [-0.2, -0.15) is 0 Å². The lowest BCUT2D eigenvalue weighted by atomic mass is 10.00. The van der Waals surface area contributed by atoms with Crippen molar-refractivity contribution in [1.82, 2.24) is 4.90 Å². The van der Waals surface area contributed by atoms with Crippen molar-refractivity contribution < 1.29 is 9.53 Å². The van der Waals surface area contributed by atoms with Crippen molar-refractivity contribution in [3.63, 3.8) is 0 Å². The highest BCUT2D eigenvalue weighted by Gasteiger charge is 2.42. The van der Waals surface area contributed by atoms with Gasteiger partial charge in [-0.1, -0.05) is 0 Å². The van der Waals surface area contributed by atoms with E-state index in [-0.39, 0.29) is 35.5 Å². The minimum atomic E-state index is -0.365. The molecule has 1 aliphatic heterocycles. The summed E-state index contributed by atoms with van der Waals surface area (Å²) in [6, 6.07) is 0. The van der Waals surface area contributed by atoms with Crippen molar-refractivity contribution in [1.29, 1.82) is 0 Å². The van der Waals surface area contributed by atoms with Crippen LogP contribution >= 0.6 is 24.0 Å². The van der Waals surface area contributed by atoms with Gasteiger partial charge < -0.3 is 4.74 Å². The molecule has 1 saturated heterocycles. The van der Waals surface area contributed by atoms with E-state index < -0.39 is 0 Å². The Morgan fingerprint density at radius 2 is 2.23 bits per heavy atom. The molecule has 78 valence electrons. The quantitative estimate of drug-likeness (QED) is 0.573. The predicted molar refractivity (Wildman–Crippen MR) is 62.3 cm³/mol. The van der Waals surface area contributed by atoms with Crippen molar-refractivity contribution in [3.05, 3.63) is 0 Å². The minimum Gasteiger partial charge on any atom is -0.465 e. The third-order valence-corrected chi connectivity index (χ3v) is 2.71. The van der Waals surface area contributed by atoms with Gasteiger partial charge in [0.15, 0.2) is 0 Å². The van der Waals surface area contributed by atoms with Gasteiger partial charge in [0.25, 0.3) is 0 Å². The van der Waals surface area contributed by atoms with Crippen LogP contribution in [-0.4, -0.2) is 36.6 Å². The van der Waals surface area contributed by atoms with Crippen LogP contribution in [0.3, 0.4) is 0 Å². The Hall–Kier alpha value is 0.160. The molecule has 0 amide bonds. The fourth-order valence-corrected chi connectivity index (χ4v) is 1.64. The van der Waals surface area contributed by atoms with Crippen molar-refractivity contribution in [2.45, 2.75) is 32.2 Å². The first-order chi connectivity index (χ1) is 5.61. The Morgan fingerprint density at radius 1 is 1.62 bits per heavy atom. The van der Waals surface area contributed by atoms with E-state index >= 15 is 0 Å². The lowest BCUT2D eigenvalue weighted by molar-refractivity contribution is -0.154. The monoisotopic (exact) mass is 299 g/mol. The van der Waals surface area contributed by atoms with Gasteiger partial charge in [-0.25, -0.2) is 0 Å². The van der Waals surface area contributed by atoms with E-state index in [0.29, 0.717) is 6.61 Å². The van der Waals surface area contributed by atoms with Crippen LogP contribution < -0.4 is 0 Å². The molecule has 0 N–H and O–H groups in total. The average Bonchev–Trinajstić information content (AvgIpc) is 2.34. The minimum absolute atomic E-state index is 0. The molecule has 0 radical (unpaired) electrons. The molecule has 13 heavy (non-hydrogen) atoms. The smallest absolute Gasteiger partial charge is 0.326 e. The number of ether oxygens (including phenoxy) is 1. The summed E-state index contributed by atoms with van der Waals surface area (Å²) in [6.07, 6.45) is 2.01. The van der Waals surface area contributed by atoms with Crippen LogP contribution in [0.4, 0.5) is 0 Å². The molecule has 0 aliphatic carbocycles.